The normalized spacial score (nSPS) is 13.7. The number of benzene rings is 2. The number of halogens is 3. The van der Waals surface area contributed by atoms with Crippen LogP contribution in [0.1, 0.15) is 43.0 Å². The Balaban J connectivity index is 0.000000454. The molecule has 11 heteroatoms. The number of hydrogen-bond donors (Lipinski definition) is 2. The van der Waals surface area contributed by atoms with Gasteiger partial charge < -0.3 is 14.9 Å². The van der Waals surface area contributed by atoms with Crippen molar-refractivity contribution in [2.75, 3.05) is 13.1 Å². The summed E-state index contributed by atoms with van der Waals surface area (Å²) in [5.74, 6) is -2.57. The minimum Gasteiger partial charge on any atom is -0.489 e. The SMILES string of the molecule is CC(C)n1ncc2cc(COc3cccc4c3CCN(CCC(=O)O)C4)ccc21.O=C(O)C(F)(F)F. The third-order valence-corrected chi connectivity index (χ3v) is 5.73. The minimum atomic E-state index is -5.08. The molecule has 0 unspecified atom stereocenters. The monoisotopic (exact) mass is 507 g/mol. The highest BCUT2D eigenvalue weighted by atomic mass is 19.4. The van der Waals surface area contributed by atoms with Crippen LogP contribution in [0.2, 0.25) is 0 Å². The number of rotatable bonds is 7. The second kappa shape index (κ2) is 11.4. The van der Waals surface area contributed by atoms with Crippen LogP contribution in [-0.4, -0.2) is 56.1 Å². The van der Waals surface area contributed by atoms with E-state index in [4.69, 9.17) is 19.7 Å². The molecular weight excluding hydrogens is 479 g/mol. The molecule has 0 spiro atoms. The van der Waals surface area contributed by atoms with Gasteiger partial charge in [-0.3, -0.25) is 14.4 Å². The van der Waals surface area contributed by atoms with Crippen LogP contribution in [0.5, 0.6) is 5.75 Å². The molecule has 194 valence electrons. The Kier molecular flexibility index (Phi) is 8.57. The van der Waals surface area contributed by atoms with Gasteiger partial charge in [-0.25, -0.2) is 4.79 Å². The lowest BCUT2D eigenvalue weighted by molar-refractivity contribution is -0.192. The molecule has 1 aliphatic rings. The third-order valence-electron chi connectivity index (χ3n) is 5.73. The predicted molar refractivity (Wildman–Crippen MR) is 126 cm³/mol. The number of carboxylic acid groups (broad SMARTS) is 2. The van der Waals surface area contributed by atoms with E-state index in [1.54, 1.807) is 0 Å². The van der Waals surface area contributed by atoms with Gasteiger partial charge in [0.05, 0.1) is 18.1 Å². The van der Waals surface area contributed by atoms with Gasteiger partial charge in [-0.05, 0) is 55.2 Å². The number of aromatic nitrogens is 2. The van der Waals surface area contributed by atoms with Crippen molar-refractivity contribution in [3.63, 3.8) is 0 Å². The molecule has 8 nitrogen and oxygen atoms in total. The van der Waals surface area contributed by atoms with Gasteiger partial charge in [-0.2, -0.15) is 18.3 Å². The Hall–Kier alpha value is -3.60. The zero-order valence-electron chi connectivity index (χ0n) is 20.0. The van der Waals surface area contributed by atoms with Crippen LogP contribution in [0, 0.1) is 0 Å². The first-order valence-electron chi connectivity index (χ1n) is 11.4. The average Bonchev–Trinajstić information content (AvgIpc) is 3.24. The number of fused-ring (bicyclic) bond motifs is 2. The summed E-state index contributed by atoms with van der Waals surface area (Å²) >= 11 is 0. The van der Waals surface area contributed by atoms with E-state index in [1.165, 1.54) is 11.1 Å². The maximum absolute atomic E-state index is 10.8. The topological polar surface area (TPSA) is 105 Å². The van der Waals surface area contributed by atoms with Crippen LogP contribution in [-0.2, 0) is 29.2 Å². The largest absolute Gasteiger partial charge is 0.490 e. The zero-order chi connectivity index (χ0) is 26.5. The second-order valence-electron chi connectivity index (χ2n) is 8.73. The first-order valence-corrected chi connectivity index (χ1v) is 11.4. The van der Waals surface area contributed by atoms with E-state index in [2.05, 4.69) is 48.1 Å². The molecule has 0 amide bonds. The number of alkyl halides is 3. The number of ether oxygens (including phenoxy) is 1. The summed E-state index contributed by atoms with van der Waals surface area (Å²) in [6.45, 7) is 7.00. The summed E-state index contributed by atoms with van der Waals surface area (Å²) < 4.78 is 40.0. The molecule has 2 N–H and O–H groups in total. The third kappa shape index (κ3) is 6.97. The van der Waals surface area contributed by atoms with E-state index in [9.17, 15) is 18.0 Å². The number of aliphatic carboxylic acids is 2. The summed E-state index contributed by atoms with van der Waals surface area (Å²) in [7, 11) is 0. The molecule has 0 bridgehead atoms. The van der Waals surface area contributed by atoms with Gasteiger partial charge in [0.2, 0.25) is 0 Å². The van der Waals surface area contributed by atoms with E-state index >= 15 is 0 Å². The van der Waals surface area contributed by atoms with Gasteiger partial charge in [0.25, 0.3) is 0 Å². The van der Waals surface area contributed by atoms with Crippen LogP contribution in [0.25, 0.3) is 10.9 Å². The van der Waals surface area contributed by atoms with Gasteiger partial charge >= 0.3 is 18.1 Å². The summed E-state index contributed by atoms with van der Waals surface area (Å²) in [5, 5.41) is 21.6. The quantitative estimate of drug-likeness (QED) is 0.479. The maximum atomic E-state index is 10.8. The molecule has 1 aliphatic heterocycles. The van der Waals surface area contributed by atoms with Gasteiger partial charge in [0.15, 0.2) is 0 Å². The number of carbonyl (C=O) groups is 2. The fraction of sp³-hybridized carbons (Fsp3) is 0.400. The summed E-state index contributed by atoms with van der Waals surface area (Å²) in [4.78, 5) is 21.9. The van der Waals surface area contributed by atoms with Crippen LogP contribution < -0.4 is 4.74 Å². The van der Waals surface area contributed by atoms with Gasteiger partial charge in [0.1, 0.15) is 12.4 Å². The molecule has 3 aromatic rings. The molecule has 0 aliphatic carbocycles. The lowest BCUT2D eigenvalue weighted by atomic mass is 9.98. The molecule has 0 saturated heterocycles. The van der Waals surface area contributed by atoms with E-state index in [-0.39, 0.29) is 6.42 Å². The zero-order valence-corrected chi connectivity index (χ0v) is 20.0. The highest BCUT2D eigenvalue weighted by Gasteiger charge is 2.38. The molecule has 0 radical (unpaired) electrons. The minimum absolute atomic E-state index is 0.182. The number of hydrogen-bond acceptors (Lipinski definition) is 5. The van der Waals surface area contributed by atoms with Crippen molar-refractivity contribution in [1.82, 2.24) is 14.7 Å². The fourth-order valence-electron chi connectivity index (χ4n) is 3.98. The summed E-state index contributed by atoms with van der Waals surface area (Å²) in [5.41, 5.74) is 4.74. The first-order chi connectivity index (χ1) is 17.0. The second-order valence-corrected chi connectivity index (χ2v) is 8.73. The highest BCUT2D eigenvalue weighted by molar-refractivity contribution is 5.79. The van der Waals surface area contributed by atoms with E-state index in [1.807, 2.05) is 23.0 Å². The Morgan fingerprint density at radius 2 is 1.89 bits per heavy atom. The Morgan fingerprint density at radius 3 is 2.53 bits per heavy atom. The van der Waals surface area contributed by atoms with Crippen molar-refractivity contribution in [2.45, 2.75) is 52.1 Å². The smallest absolute Gasteiger partial charge is 0.489 e. The molecular formula is C25H28F3N3O5. The van der Waals surface area contributed by atoms with Crippen molar-refractivity contribution < 1.29 is 37.7 Å². The van der Waals surface area contributed by atoms with Gasteiger partial charge in [-0.15, -0.1) is 0 Å². The first kappa shape index (κ1) is 27.0. The molecule has 2 heterocycles. The standard InChI is InChI=1S/C23H27N3O3.C2HF3O2/c1-16(2)26-21-7-6-17(12-19(21)13-24-26)15-29-22-5-3-4-18-14-25(10-8-20(18)22)11-9-23(27)28;3-2(4,5)1(6)7/h3-7,12-13,16H,8-11,14-15H2,1-2H3,(H,27,28);(H,6,7). The van der Waals surface area contributed by atoms with Crippen molar-refractivity contribution in [3.05, 3.63) is 59.3 Å². The van der Waals surface area contributed by atoms with Crippen molar-refractivity contribution in [1.29, 1.82) is 0 Å². The van der Waals surface area contributed by atoms with Crippen LogP contribution in [0.15, 0.2) is 42.6 Å². The predicted octanol–water partition coefficient (Wildman–Crippen LogP) is 4.66. The lowest BCUT2D eigenvalue weighted by Crippen LogP contribution is -2.32. The number of nitrogens with zero attached hydrogens (tertiary/aromatic N) is 3. The van der Waals surface area contributed by atoms with Gasteiger partial charge in [-0.1, -0.05) is 18.2 Å². The lowest BCUT2D eigenvalue weighted by Gasteiger charge is -2.29. The van der Waals surface area contributed by atoms with E-state index < -0.39 is 18.1 Å². The van der Waals surface area contributed by atoms with E-state index in [0.29, 0.717) is 19.2 Å². The van der Waals surface area contributed by atoms with Crippen LogP contribution in [0.3, 0.4) is 0 Å². The molecule has 0 saturated carbocycles. The van der Waals surface area contributed by atoms with Crippen molar-refractivity contribution >= 4 is 22.8 Å². The number of carboxylic acids is 2. The van der Waals surface area contributed by atoms with E-state index in [0.717, 1.165) is 41.7 Å². The fourth-order valence-corrected chi connectivity index (χ4v) is 3.98. The Labute approximate surface area is 205 Å². The van der Waals surface area contributed by atoms with Crippen molar-refractivity contribution in [2.24, 2.45) is 0 Å². The molecule has 36 heavy (non-hydrogen) atoms. The average molecular weight is 508 g/mol. The van der Waals surface area contributed by atoms with Crippen LogP contribution >= 0.6 is 0 Å². The summed E-state index contributed by atoms with van der Waals surface area (Å²) in [6, 6.07) is 12.9. The molecule has 2 aromatic carbocycles. The molecule has 0 fully saturated rings. The highest BCUT2D eigenvalue weighted by Crippen LogP contribution is 2.29. The molecule has 1 aromatic heterocycles. The summed E-state index contributed by atoms with van der Waals surface area (Å²) in [6.07, 6.45) is -2.11. The van der Waals surface area contributed by atoms with Crippen LogP contribution in [0.4, 0.5) is 13.2 Å². The Morgan fingerprint density at radius 1 is 1.17 bits per heavy atom. The Bertz CT molecular complexity index is 1220. The molecule has 0 atom stereocenters. The van der Waals surface area contributed by atoms with Gasteiger partial charge in [0, 0.05) is 31.1 Å². The molecule has 4 rings (SSSR count). The van der Waals surface area contributed by atoms with Crippen molar-refractivity contribution in [3.8, 4) is 5.75 Å². The maximum Gasteiger partial charge on any atom is 0.490 e.